The Hall–Kier alpha value is -1.62. The Balaban J connectivity index is 2.62. The van der Waals surface area contributed by atoms with Gasteiger partial charge in [-0.1, -0.05) is 11.2 Å². The smallest absolute Gasteiger partial charge is 0.131 e. The molecule has 0 radical (unpaired) electrons. The highest BCUT2D eigenvalue weighted by Gasteiger charge is 2.09. The van der Waals surface area contributed by atoms with E-state index in [9.17, 15) is 9.70 Å². The summed E-state index contributed by atoms with van der Waals surface area (Å²) in [4.78, 5) is 24.3. The molecule has 15 heavy (non-hydrogen) atoms. The molecule has 0 saturated carbocycles. The molecule has 0 amide bonds. The molecular formula is C10H13N3O2. The fourth-order valence-corrected chi connectivity index (χ4v) is 1.35. The standard InChI is InChI=1S/C10H13N3O2/c14-6-2-4-10(12-8-13-15)9-3-1-5-11-7-9/h1,3,5-7,10,12H,2,4,8H2. The van der Waals surface area contributed by atoms with Gasteiger partial charge in [-0.05, 0) is 18.1 Å². The van der Waals surface area contributed by atoms with Gasteiger partial charge in [-0.2, -0.15) is 0 Å². The zero-order valence-electron chi connectivity index (χ0n) is 8.30. The van der Waals surface area contributed by atoms with Crippen molar-refractivity contribution in [3.8, 4) is 0 Å². The second kappa shape index (κ2) is 6.78. The number of aldehydes is 1. The molecule has 1 aromatic heterocycles. The summed E-state index contributed by atoms with van der Waals surface area (Å²) in [7, 11) is 0. The van der Waals surface area contributed by atoms with Crippen LogP contribution in [0.3, 0.4) is 0 Å². The van der Waals surface area contributed by atoms with Crippen molar-refractivity contribution in [3.05, 3.63) is 35.0 Å². The van der Waals surface area contributed by atoms with Crippen molar-refractivity contribution in [3.63, 3.8) is 0 Å². The fraction of sp³-hybridized carbons (Fsp3) is 0.400. The van der Waals surface area contributed by atoms with Gasteiger partial charge in [0, 0.05) is 24.9 Å². The highest BCUT2D eigenvalue weighted by atomic mass is 16.3. The van der Waals surface area contributed by atoms with Crippen LogP contribution in [0, 0.1) is 4.91 Å². The minimum Gasteiger partial charge on any atom is -0.303 e. The molecule has 0 aliphatic rings. The van der Waals surface area contributed by atoms with E-state index in [1.165, 1.54) is 0 Å². The molecule has 0 aromatic carbocycles. The minimum atomic E-state index is -0.0402. The van der Waals surface area contributed by atoms with Gasteiger partial charge in [-0.15, -0.1) is 4.91 Å². The zero-order valence-corrected chi connectivity index (χ0v) is 8.30. The Kier molecular flexibility index (Phi) is 5.18. The molecule has 1 rings (SSSR count). The van der Waals surface area contributed by atoms with E-state index in [1.807, 2.05) is 12.1 Å². The van der Waals surface area contributed by atoms with Crippen LogP contribution in [0.2, 0.25) is 0 Å². The van der Waals surface area contributed by atoms with Gasteiger partial charge in [-0.25, -0.2) is 0 Å². The molecule has 5 nitrogen and oxygen atoms in total. The highest BCUT2D eigenvalue weighted by molar-refractivity contribution is 5.49. The third-order valence-corrected chi connectivity index (χ3v) is 2.06. The van der Waals surface area contributed by atoms with Crippen molar-refractivity contribution in [1.29, 1.82) is 0 Å². The minimum absolute atomic E-state index is 0.0401. The largest absolute Gasteiger partial charge is 0.303 e. The van der Waals surface area contributed by atoms with Crippen LogP contribution in [0.15, 0.2) is 29.7 Å². The van der Waals surface area contributed by atoms with E-state index >= 15 is 0 Å². The van der Waals surface area contributed by atoms with Crippen LogP contribution in [0.25, 0.3) is 0 Å². The lowest BCUT2D eigenvalue weighted by Gasteiger charge is -2.15. The summed E-state index contributed by atoms with van der Waals surface area (Å²) in [6.45, 7) is 0.0401. The summed E-state index contributed by atoms with van der Waals surface area (Å²) in [5.74, 6) is 0. The van der Waals surface area contributed by atoms with Crippen molar-refractivity contribution < 1.29 is 4.79 Å². The first-order valence-corrected chi connectivity index (χ1v) is 4.74. The summed E-state index contributed by atoms with van der Waals surface area (Å²) in [5.41, 5.74) is 0.961. The summed E-state index contributed by atoms with van der Waals surface area (Å²) >= 11 is 0. The number of carbonyl (C=O) groups excluding carboxylic acids is 1. The Labute approximate surface area is 87.9 Å². The maximum atomic E-state index is 10.3. The van der Waals surface area contributed by atoms with Gasteiger partial charge in [-0.3, -0.25) is 10.3 Å². The van der Waals surface area contributed by atoms with Crippen LogP contribution in [-0.2, 0) is 4.79 Å². The van der Waals surface area contributed by atoms with Crippen molar-refractivity contribution in [2.45, 2.75) is 18.9 Å². The maximum Gasteiger partial charge on any atom is 0.131 e. The molecule has 5 heteroatoms. The van der Waals surface area contributed by atoms with E-state index in [0.717, 1.165) is 11.8 Å². The SMILES string of the molecule is O=CCCC(NCN=O)c1cccnc1. The number of nitrogens with one attached hydrogen (secondary N) is 1. The number of pyridine rings is 1. The average molecular weight is 207 g/mol. The van der Waals surface area contributed by atoms with Crippen LogP contribution in [0.5, 0.6) is 0 Å². The average Bonchev–Trinajstić information content (AvgIpc) is 2.30. The Morgan fingerprint density at radius 2 is 2.47 bits per heavy atom. The number of hydrogen-bond acceptors (Lipinski definition) is 5. The lowest BCUT2D eigenvalue weighted by Crippen LogP contribution is -2.21. The number of rotatable bonds is 7. The highest BCUT2D eigenvalue weighted by Crippen LogP contribution is 2.16. The van der Waals surface area contributed by atoms with E-state index in [-0.39, 0.29) is 12.7 Å². The van der Waals surface area contributed by atoms with E-state index in [2.05, 4.69) is 15.5 Å². The predicted molar refractivity (Wildman–Crippen MR) is 56.1 cm³/mol. The molecule has 1 unspecified atom stereocenters. The van der Waals surface area contributed by atoms with E-state index in [0.29, 0.717) is 12.8 Å². The third kappa shape index (κ3) is 3.95. The second-order valence-corrected chi connectivity index (χ2v) is 3.07. The molecule has 0 aliphatic heterocycles. The Bertz CT molecular complexity index is 291. The van der Waals surface area contributed by atoms with Crippen molar-refractivity contribution in [2.75, 3.05) is 6.67 Å². The number of nitrogens with zero attached hydrogens (tertiary/aromatic N) is 2. The number of nitroso groups, excluding NO2 is 1. The Morgan fingerprint density at radius 1 is 1.60 bits per heavy atom. The van der Waals surface area contributed by atoms with Crippen molar-refractivity contribution in [2.24, 2.45) is 5.18 Å². The molecule has 1 atom stereocenters. The van der Waals surface area contributed by atoms with E-state index in [4.69, 9.17) is 0 Å². The van der Waals surface area contributed by atoms with Crippen molar-refractivity contribution in [1.82, 2.24) is 10.3 Å². The molecule has 0 aliphatic carbocycles. The molecule has 0 fully saturated rings. The Morgan fingerprint density at radius 3 is 3.07 bits per heavy atom. The normalized spacial score (nSPS) is 12.0. The van der Waals surface area contributed by atoms with Gasteiger partial charge in [0.2, 0.25) is 0 Å². The second-order valence-electron chi connectivity index (χ2n) is 3.07. The van der Waals surface area contributed by atoms with Gasteiger partial charge in [0.1, 0.15) is 13.0 Å². The van der Waals surface area contributed by atoms with Crippen LogP contribution in [0.4, 0.5) is 0 Å². The van der Waals surface area contributed by atoms with Crippen LogP contribution < -0.4 is 5.32 Å². The number of aromatic nitrogens is 1. The topological polar surface area (TPSA) is 71.4 Å². The first kappa shape index (κ1) is 11.5. The van der Waals surface area contributed by atoms with E-state index < -0.39 is 0 Å². The predicted octanol–water partition coefficient (Wildman–Crippen LogP) is 1.42. The van der Waals surface area contributed by atoms with Gasteiger partial charge < -0.3 is 4.79 Å². The van der Waals surface area contributed by atoms with Crippen molar-refractivity contribution >= 4 is 6.29 Å². The third-order valence-electron chi connectivity index (χ3n) is 2.06. The summed E-state index contributed by atoms with van der Waals surface area (Å²) in [6, 6.07) is 3.68. The zero-order chi connectivity index (χ0) is 10.9. The molecule has 0 saturated heterocycles. The van der Waals surface area contributed by atoms with Gasteiger partial charge in [0.15, 0.2) is 0 Å². The van der Waals surface area contributed by atoms with Crippen LogP contribution in [-0.4, -0.2) is 17.9 Å². The van der Waals surface area contributed by atoms with Crippen LogP contribution in [0.1, 0.15) is 24.4 Å². The maximum absolute atomic E-state index is 10.3. The van der Waals surface area contributed by atoms with Crippen LogP contribution >= 0.6 is 0 Å². The summed E-state index contributed by atoms with van der Waals surface area (Å²) < 4.78 is 0. The lowest BCUT2D eigenvalue weighted by molar-refractivity contribution is -0.108. The number of carbonyl (C=O) groups is 1. The lowest BCUT2D eigenvalue weighted by atomic mass is 10.0. The first-order chi connectivity index (χ1) is 7.38. The van der Waals surface area contributed by atoms with Gasteiger partial charge in [0.25, 0.3) is 0 Å². The van der Waals surface area contributed by atoms with Gasteiger partial charge >= 0.3 is 0 Å². The molecule has 80 valence electrons. The number of hydrogen-bond donors (Lipinski definition) is 1. The molecular weight excluding hydrogens is 194 g/mol. The van der Waals surface area contributed by atoms with E-state index in [1.54, 1.807) is 12.4 Å². The summed E-state index contributed by atoms with van der Waals surface area (Å²) in [6.07, 6.45) is 5.35. The summed E-state index contributed by atoms with van der Waals surface area (Å²) in [5, 5.41) is 5.68. The molecule has 1 aromatic rings. The quantitative estimate of drug-likeness (QED) is 0.542. The molecule has 0 bridgehead atoms. The molecule has 1 heterocycles. The molecule has 0 spiro atoms. The first-order valence-electron chi connectivity index (χ1n) is 4.74. The fourth-order valence-electron chi connectivity index (χ4n) is 1.35. The monoisotopic (exact) mass is 207 g/mol. The molecule has 1 N–H and O–H groups in total. The van der Waals surface area contributed by atoms with Gasteiger partial charge in [0.05, 0.1) is 0 Å².